The van der Waals surface area contributed by atoms with Crippen LogP contribution >= 0.6 is 0 Å². The molecule has 0 saturated carbocycles. The van der Waals surface area contributed by atoms with Crippen LogP contribution in [0.2, 0.25) is 0 Å². The van der Waals surface area contributed by atoms with Crippen LogP contribution in [0.5, 0.6) is 0 Å². The molecule has 1 heteroatoms. The summed E-state index contributed by atoms with van der Waals surface area (Å²) >= 11 is 0. The minimum absolute atomic E-state index is 0.0931. The Morgan fingerprint density at radius 2 is 0.548 bits per heavy atom. The molecule has 0 atom stereocenters. The molecule has 1 nitrogen and oxygen atoms in total. The second kappa shape index (κ2) is 30.0. The minimum Gasteiger partial charge on any atom is -0.396 e. The van der Waals surface area contributed by atoms with Gasteiger partial charge in [-0.3, -0.25) is 0 Å². The highest BCUT2D eigenvalue weighted by Gasteiger charge is 1.96. The largest absolute Gasteiger partial charge is 0.396 e. The molecule has 0 unspecified atom stereocenters. The van der Waals surface area contributed by atoms with Crippen molar-refractivity contribution in [2.24, 2.45) is 0 Å². The van der Waals surface area contributed by atoms with Crippen LogP contribution in [-0.2, 0) is 0 Å². The SMILES string of the molecule is [2H]C([2H])(O)C([2H])([2H])CCCCCCCCCCCCCCCCCCCCCCCCCCCC. The molecule has 0 aliphatic heterocycles. The molecule has 0 fully saturated rings. The number of aliphatic hydroxyl groups is 1. The second-order valence-electron chi connectivity index (χ2n) is 9.88. The first kappa shape index (κ1) is 24.1. The van der Waals surface area contributed by atoms with E-state index in [4.69, 9.17) is 5.48 Å². The molecule has 31 heavy (non-hydrogen) atoms. The van der Waals surface area contributed by atoms with E-state index in [-0.39, 0.29) is 6.42 Å². The highest BCUT2D eigenvalue weighted by molar-refractivity contribution is 4.52. The van der Waals surface area contributed by atoms with E-state index in [1.165, 1.54) is 148 Å². The Morgan fingerprint density at radius 3 is 0.742 bits per heavy atom. The molecule has 1 N–H and O–H groups in total. The van der Waals surface area contributed by atoms with Crippen molar-refractivity contribution in [3.63, 3.8) is 0 Å². The zero-order valence-electron chi connectivity index (χ0n) is 25.5. The number of rotatable bonds is 28. The molecule has 0 rings (SSSR count). The van der Waals surface area contributed by atoms with Gasteiger partial charge in [-0.1, -0.05) is 180 Å². The van der Waals surface area contributed by atoms with E-state index in [2.05, 4.69) is 6.92 Å². The molecule has 0 aromatic carbocycles. The van der Waals surface area contributed by atoms with Gasteiger partial charge in [0, 0.05) is 9.30 Å². The van der Waals surface area contributed by atoms with Crippen molar-refractivity contribution in [2.75, 3.05) is 6.56 Å². The topological polar surface area (TPSA) is 20.2 Å². The predicted molar refractivity (Wildman–Crippen MR) is 142 cm³/mol. The normalized spacial score (nSPS) is 14.3. The fourth-order valence-electron chi connectivity index (χ4n) is 4.59. The summed E-state index contributed by atoms with van der Waals surface area (Å²) < 4.78 is 29.4. The Balaban J connectivity index is 3.14. The first-order chi connectivity index (χ1) is 16.8. The molecule has 0 heterocycles. The number of unbranched alkanes of at least 4 members (excludes halogenated alkanes) is 25. The lowest BCUT2D eigenvalue weighted by Gasteiger charge is -2.04. The van der Waals surface area contributed by atoms with E-state index < -0.39 is 12.9 Å². The van der Waals surface area contributed by atoms with Crippen molar-refractivity contribution < 1.29 is 10.6 Å². The highest BCUT2D eigenvalue weighted by atomic mass is 16.2. The lowest BCUT2D eigenvalue weighted by atomic mass is 10.0. The molecular formula is C30H62O. The first-order valence-electron chi connectivity index (χ1n) is 16.5. The first-order valence-corrected chi connectivity index (χ1v) is 14.5. The van der Waals surface area contributed by atoms with Crippen LogP contribution in [0, 0.1) is 0 Å². The summed E-state index contributed by atoms with van der Waals surface area (Å²) in [6.07, 6.45) is 32.9. The van der Waals surface area contributed by atoms with E-state index >= 15 is 0 Å². The van der Waals surface area contributed by atoms with Crippen LogP contribution in [0.15, 0.2) is 0 Å². The summed E-state index contributed by atoms with van der Waals surface area (Å²) in [7, 11) is 0. The average Bonchev–Trinajstić information content (AvgIpc) is 2.80. The molecule has 0 aromatic rings. The Bertz CT molecular complexity index is 423. The third-order valence-electron chi connectivity index (χ3n) is 6.73. The zero-order valence-corrected chi connectivity index (χ0v) is 21.5. The molecule has 0 aromatic heterocycles. The van der Waals surface area contributed by atoms with Crippen molar-refractivity contribution >= 4 is 0 Å². The van der Waals surface area contributed by atoms with Gasteiger partial charge in [0.05, 0.1) is 2.74 Å². The third kappa shape index (κ3) is 30.0. The Hall–Kier alpha value is -0.0400. The molecule has 0 bridgehead atoms. The van der Waals surface area contributed by atoms with Gasteiger partial charge >= 0.3 is 0 Å². The van der Waals surface area contributed by atoms with E-state index in [1.807, 2.05) is 0 Å². The van der Waals surface area contributed by atoms with Crippen LogP contribution in [0.25, 0.3) is 0 Å². The van der Waals surface area contributed by atoms with Crippen molar-refractivity contribution in [2.45, 2.75) is 187 Å². The van der Waals surface area contributed by atoms with Crippen molar-refractivity contribution in [3.05, 3.63) is 0 Å². The monoisotopic (exact) mass is 443 g/mol. The van der Waals surface area contributed by atoms with E-state index in [9.17, 15) is 5.11 Å². The van der Waals surface area contributed by atoms with Crippen LogP contribution in [0.4, 0.5) is 0 Å². The molecule has 0 radical (unpaired) electrons. The Kier molecular flexibility index (Phi) is 23.3. The fraction of sp³-hybridized carbons (Fsp3) is 1.00. The van der Waals surface area contributed by atoms with Gasteiger partial charge in [-0.05, 0) is 6.37 Å². The van der Waals surface area contributed by atoms with Gasteiger partial charge in [0.15, 0.2) is 0 Å². The molecular weight excluding hydrogens is 376 g/mol. The van der Waals surface area contributed by atoms with Gasteiger partial charge in [0.2, 0.25) is 0 Å². The van der Waals surface area contributed by atoms with Crippen LogP contribution in [0.1, 0.15) is 192 Å². The van der Waals surface area contributed by atoms with Crippen LogP contribution in [0.3, 0.4) is 0 Å². The summed E-state index contributed by atoms with van der Waals surface area (Å²) in [5, 5.41) is 9.20. The summed E-state index contributed by atoms with van der Waals surface area (Å²) in [6, 6.07) is 0. The van der Waals surface area contributed by atoms with Gasteiger partial charge in [-0.15, -0.1) is 0 Å². The van der Waals surface area contributed by atoms with Crippen molar-refractivity contribution in [1.29, 1.82) is 0 Å². The van der Waals surface area contributed by atoms with Crippen molar-refractivity contribution in [3.8, 4) is 0 Å². The fourth-order valence-corrected chi connectivity index (χ4v) is 4.59. The summed E-state index contributed by atoms with van der Waals surface area (Å²) in [4.78, 5) is 0. The van der Waals surface area contributed by atoms with Gasteiger partial charge in [-0.2, -0.15) is 0 Å². The lowest BCUT2D eigenvalue weighted by Crippen LogP contribution is -1.85. The van der Waals surface area contributed by atoms with E-state index in [1.54, 1.807) is 0 Å². The summed E-state index contributed by atoms with van der Waals surface area (Å²) in [5.74, 6) is 0. The van der Waals surface area contributed by atoms with Crippen LogP contribution in [-0.4, -0.2) is 11.7 Å². The van der Waals surface area contributed by atoms with Gasteiger partial charge in [0.25, 0.3) is 0 Å². The average molecular weight is 443 g/mol. The summed E-state index contributed by atoms with van der Waals surface area (Å²) in [6.45, 7) is -0.447. The quantitative estimate of drug-likeness (QED) is 0.119. The Labute approximate surface area is 204 Å². The van der Waals surface area contributed by atoms with Gasteiger partial charge < -0.3 is 5.11 Å². The minimum atomic E-state index is -2.74. The second-order valence-corrected chi connectivity index (χ2v) is 9.88. The smallest absolute Gasteiger partial charge is 0.0564 e. The molecule has 0 saturated heterocycles. The molecule has 0 aliphatic carbocycles. The molecule has 0 aliphatic rings. The van der Waals surface area contributed by atoms with Crippen LogP contribution < -0.4 is 0 Å². The van der Waals surface area contributed by atoms with Gasteiger partial charge in [-0.25, -0.2) is 0 Å². The number of hydrogen-bond acceptors (Lipinski definition) is 1. The third-order valence-corrected chi connectivity index (χ3v) is 6.73. The maximum absolute atomic E-state index is 9.20. The Morgan fingerprint density at radius 1 is 0.355 bits per heavy atom. The maximum Gasteiger partial charge on any atom is 0.0564 e. The number of hydrogen-bond donors (Lipinski definition) is 1. The van der Waals surface area contributed by atoms with E-state index in [0.717, 1.165) is 12.8 Å². The standard InChI is InChI=1S/C30H62O/c1-2-3-4-5-6-7-8-9-10-11-12-13-14-15-16-17-18-19-20-21-22-23-24-25-26-27-28-29-30-31/h31H,2-30H2,1H3/i29D2,30D2. The molecule has 0 amide bonds. The zero-order chi connectivity index (χ0) is 26.1. The van der Waals surface area contributed by atoms with Gasteiger partial charge in [0.1, 0.15) is 0 Å². The highest BCUT2D eigenvalue weighted by Crippen LogP contribution is 2.16. The lowest BCUT2D eigenvalue weighted by molar-refractivity contribution is 0.282. The van der Waals surface area contributed by atoms with E-state index in [0.29, 0.717) is 6.42 Å². The maximum atomic E-state index is 9.20. The molecule has 188 valence electrons. The predicted octanol–water partition coefficient (Wildman–Crippen LogP) is 10.9. The summed E-state index contributed by atoms with van der Waals surface area (Å²) in [5.41, 5.74) is 0. The van der Waals surface area contributed by atoms with Crippen molar-refractivity contribution in [1.82, 2.24) is 0 Å². The molecule has 0 spiro atoms.